The minimum atomic E-state index is -3.13. The van der Waals surface area contributed by atoms with Crippen LogP contribution in [-0.2, 0) is 41.6 Å². The number of carboxylic acid groups (broad SMARTS) is 1. The Bertz CT molecular complexity index is 610. The maximum Gasteiger partial charge on any atom is 0.334 e. The van der Waals surface area contributed by atoms with E-state index in [1.807, 2.05) is 0 Å². The van der Waals surface area contributed by atoms with E-state index in [2.05, 4.69) is 4.74 Å². The second-order valence-electron chi connectivity index (χ2n) is 5.15. The summed E-state index contributed by atoms with van der Waals surface area (Å²) in [5, 5.41) is 8.31. The number of aliphatic carboxylic acids is 1. The lowest BCUT2D eigenvalue weighted by molar-refractivity contribution is -0.137. The molecule has 0 aromatic rings. The molecule has 12 heteroatoms. The molecule has 0 bridgehead atoms. The molecule has 0 rings (SSSR count). The van der Waals surface area contributed by atoms with E-state index >= 15 is 0 Å². The number of carboxylic acids is 1. The quantitative estimate of drug-likeness (QED) is 0.209. The summed E-state index contributed by atoms with van der Waals surface area (Å²) in [7, 11) is -6.21. The summed E-state index contributed by atoms with van der Waals surface area (Å²) in [6.07, 6.45) is 4.94. The maximum atomic E-state index is 11.9. The lowest BCUT2D eigenvalue weighted by Crippen LogP contribution is -2.01. The third-order valence-electron chi connectivity index (χ3n) is 2.76. The molecule has 0 aliphatic heterocycles. The van der Waals surface area contributed by atoms with Crippen molar-refractivity contribution in [2.24, 2.45) is 0 Å². The first-order valence-corrected chi connectivity index (χ1v) is 13.1. The molecule has 0 amide bonds. The first kappa shape index (κ1) is 30.9. The number of hydrogen-bond acceptors (Lipinski definition) is 9. The van der Waals surface area contributed by atoms with Crippen LogP contribution < -0.4 is 0 Å². The summed E-state index contributed by atoms with van der Waals surface area (Å²) in [5.41, 5.74) is 0. The van der Waals surface area contributed by atoms with Crippen LogP contribution in [0, 0.1) is 0 Å². The van der Waals surface area contributed by atoms with Crippen LogP contribution in [-0.4, -0.2) is 62.4 Å². The van der Waals surface area contributed by atoms with Gasteiger partial charge in [0.2, 0.25) is 0 Å². The Balaban J connectivity index is 0. The molecule has 0 saturated heterocycles. The number of hydrogen-bond donors (Lipinski definition) is 1. The zero-order valence-corrected chi connectivity index (χ0v) is 20.1. The number of ether oxygens (including phenoxy) is 1. The summed E-state index contributed by atoms with van der Waals surface area (Å²) in [6.45, 7) is 10.1. The molecule has 176 valence electrons. The predicted octanol–water partition coefficient (Wildman–Crippen LogP) is 4.27. The largest absolute Gasteiger partial charge is 0.478 e. The number of carbonyl (C=O) groups is 2. The number of carbonyl (C=O) groups excluding carboxylic acids is 1. The highest BCUT2D eigenvalue weighted by Crippen LogP contribution is 2.48. The van der Waals surface area contributed by atoms with E-state index in [9.17, 15) is 18.7 Å². The molecule has 1 N–H and O–H groups in total. The van der Waals surface area contributed by atoms with Gasteiger partial charge in [0.25, 0.3) is 0 Å². The van der Waals surface area contributed by atoms with Crippen molar-refractivity contribution >= 4 is 27.1 Å². The highest BCUT2D eigenvalue weighted by molar-refractivity contribution is 7.54. The molecule has 0 spiro atoms. The van der Waals surface area contributed by atoms with Gasteiger partial charge in [-0.05, 0) is 34.6 Å². The molecule has 30 heavy (non-hydrogen) atoms. The van der Waals surface area contributed by atoms with E-state index in [1.165, 1.54) is 18.2 Å². The van der Waals surface area contributed by atoms with Crippen molar-refractivity contribution in [1.29, 1.82) is 0 Å². The van der Waals surface area contributed by atoms with Crippen LogP contribution in [0.2, 0.25) is 0 Å². The molecule has 0 aliphatic rings. The van der Waals surface area contributed by atoms with Gasteiger partial charge >= 0.3 is 27.1 Å². The van der Waals surface area contributed by atoms with Crippen molar-refractivity contribution in [3.05, 3.63) is 24.3 Å². The van der Waals surface area contributed by atoms with Gasteiger partial charge in [-0.15, -0.1) is 0 Å². The van der Waals surface area contributed by atoms with Crippen molar-refractivity contribution in [2.45, 2.75) is 34.6 Å². The minimum absolute atomic E-state index is 0.0129. The molecule has 0 aromatic heterocycles. The second kappa shape index (κ2) is 18.5. The van der Waals surface area contributed by atoms with Crippen molar-refractivity contribution in [1.82, 2.24) is 0 Å². The molecule has 0 heterocycles. The molecule has 10 nitrogen and oxygen atoms in total. The van der Waals surface area contributed by atoms with Crippen LogP contribution in [0.1, 0.15) is 34.6 Å². The minimum Gasteiger partial charge on any atom is -0.478 e. The van der Waals surface area contributed by atoms with Crippen molar-refractivity contribution in [2.75, 3.05) is 45.4 Å². The SMILES string of the molecule is CCOC(=O)/C=C/CP(=O)(OCC)OCC.CCOP(=O)(C/C=C/C(=O)O)OCC. The first-order chi connectivity index (χ1) is 14.1. The van der Waals surface area contributed by atoms with Gasteiger partial charge in [-0.3, -0.25) is 9.13 Å². The van der Waals surface area contributed by atoms with Gasteiger partial charge in [-0.25, -0.2) is 9.59 Å². The summed E-state index contributed by atoms with van der Waals surface area (Å²) < 4.78 is 48.3. The Morgan fingerprint density at radius 3 is 1.37 bits per heavy atom. The van der Waals surface area contributed by atoms with E-state index < -0.39 is 27.1 Å². The summed E-state index contributed by atoms with van der Waals surface area (Å²) >= 11 is 0. The van der Waals surface area contributed by atoms with Crippen molar-refractivity contribution in [3.63, 3.8) is 0 Å². The van der Waals surface area contributed by atoms with Crippen LogP contribution in [0.5, 0.6) is 0 Å². The first-order valence-electron chi connectivity index (χ1n) is 9.60. The second-order valence-corrected chi connectivity index (χ2v) is 9.36. The Hall–Kier alpha value is -1.28. The summed E-state index contributed by atoms with van der Waals surface area (Å²) in [4.78, 5) is 21.1. The van der Waals surface area contributed by atoms with Gasteiger partial charge in [0.15, 0.2) is 0 Å². The normalized spacial score (nSPS) is 12.0. The van der Waals surface area contributed by atoms with Crippen molar-refractivity contribution < 1.29 is 46.7 Å². The van der Waals surface area contributed by atoms with Crippen LogP contribution in [0.3, 0.4) is 0 Å². The fourth-order valence-corrected chi connectivity index (χ4v) is 4.69. The van der Waals surface area contributed by atoms with Crippen LogP contribution in [0.15, 0.2) is 24.3 Å². The average molecular weight is 472 g/mol. The Kier molecular flexibility index (Phi) is 19.0. The molecule has 0 unspecified atom stereocenters. The van der Waals surface area contributed by atoms with Crippen molar-refractivity contribution in [3.8, 4) is 0 Å². The van der Waals surface area contributed by atoms with Gasteiger partial charge in [-0.1, -0.05) is 12.2 Å². The smallest absolute Gasteiger partial charge is 0.334 e. The number of esters is 1. The topological polar surface area (TPSA) is 135 Å². The highest BCUT2D eigenvalue weighted by atomic mass is 31.2. The van der Waals surface area contributed by atoms with E-state index in [0.717, 1.165) is 6.08 Å². The molecule has 0 radical (unpaired) electrons. The van der Waals surface area contributed by atoms with Gasteiger partial charge in [0, 0.05) is 12.2 Å². The zero-order valence-electron chi connectivity index (χ0n) is 18.3. The third kappa shape index (κ3) is 17.6. The zero-order chi connectivity index (χ0) is 23.5. The molecule has 0 aliphatic carbocycles. The molecule has 0 saturated carbocycles. The van der Waals surface area contributed by atoms with E-state index in [0.29, 0.717) is 19.8 Å². The lowest BCUT2D eigenvalue weighted by atomic mass is 10.5. The molecule has 0 fully saturated rings. The maximum absolute atomic E-state index is 11.9. The lowest BCUT2D eigenvalue weighted by Gasteiger charge is -2.14. The van der Waals surface area contributed by atoms with Crippen LogP contribution in [0.4, 0.5) is 0 Å². The fraction of sp³-hybridized carbons (Fsp3) is 0.667. The summed E-state index contributed by atoms with van der Waals surface area (Å²) in [5.74, 6) is -1.54. The average Bonchev–Trinajstić information content (AvgIpc) is 2.63. The van der Waals surface area contributed by atoms with Gasteiger partial charge in [-0.2, -0.15) is 0 Å². The molecule has 0 aromatic carbocycles. The molecular formula is C18H34O10P2. The highest BCUT2D eigenvalue weighted by Gasteiger charge is 2.22. The Morgan fingerprint density at radius 1 is 0.700 bits per heavy atom. The Labute approximate surface area is 178 Å². The molecule has 0 atom stereocenters. The number of allylic oxidation sites excluding steroid dienone is 2. The standard InChI is InChI=1S/C10H19O5P.C8H15O5P/c1-4-13-10(11)8-7-9-16(12,14-5-2)15-6-3;1-3-12-14(11,13-4-2)7-5-6-8(9)10/h7-8H,4-6,9H2,1-3H3;5-6H,3-4,7H2,1-2H3,(H,9,10)/b8-7+;6-5+. The van der Waals surface area contributed by atoms with Crippen LogP contribution >= 0.6 is 15.2 Å². The van der Waals surface area contributed by atoms with E-state index in [-0.39, 0.29) is 25.5 Å². The van der Waals surface area contributed by atoms with Gasteiger partial charge < -0.3 is 27.9 Å². The predicted molar refractivity (Wildman–Crippen MR) is 114 cm³/mol. The van der Waals surface area contributed by atoms with E-state index in [1.54, 1.807) is 34.6 Å². The van der Waals surface area contributed by atoms with Gasteiger partial charge in [0.1, 0.15) is 0 Å². The van der Waals surface area contributed by atoms with Gasteiger partial charge in [0.05, 0.1) is 45.4 Å². The van der Waals surface area contributed by atoms with E-state index in [4.69, 9.17) is 23.2 Å². The Morgan fingerprint density at radius 2 is 1.07 bits per heavy atom. The summed E-state index contributed by atoms with van der Waals surface area (Å²) in [6, 6.07) is 0. The number of rotatable bonds is 15. The monoisotopic (exact) mass is 472 g/mol. The van der Waals surface area contributed by atoms with Crippen LogP contribution in [0.25, 0.3) is 0 Å². The fourth-order valence-electron chi connectivity index (χ4n) is 1.82. The third-order valence-corrected chi connectivity index (χ3v) is 6.68. The molecular weight excluding hydrogens is 438 g/mol.